The zero-order valence-corrected chi connectivity index (χ0v) is 6.85. The Kier molecular flexibility index (Phi) is 15.5. The van der Waals surface area contributed by atoms with Crippen molar-refractivity contribution in [2.75, 3.05) is 13.2 Å². The molecule has 0 saturated heterocycles. The molecule has 0 aromatic rings. The molecule has 3 N–H and O–H groups in total. The van der Waals surface area contributed by atoms with Gasteiger partial charge in [0, 0.05) is 6.61 Å². The maximum absolute atomic E-state index is 8.14. The van der Waals surface area contributed by atoms with E-state index in [2.05, 4.69) is 0 Å². The Bertz CT molecular complexity index is 28.0. The van der Waals surface area contributed by atoms with Crippen LogP contribution in [0.1, 0.15) is 14.3 Å². The first kappa shape index (κ1) is 10.8. The second-order valence-electron chi connectivity index (χ2n) is 1.22. The van der Waals surface area contributed by atoms with Gasteiger partial charge >= 0.3 is 29.6 Å². The molecule has 40 valence electrons. The van der Waals surface area contributed by atoms with Crippen molar-refractivity contribution in [2.24, 2.45) is 5.73 Å². The summed E-state index contributed by atoms with van der Waals surface area (Å²) in [5.41, 5.74) is 5.10. The molecule has 3 heteroatoms. The van der Waals surface area contributed by atoms with Crippen LogP contribution in [0.2, 0.25) is 0 Å². The van der Waals surface area contributed by atoms with Gasteiger partial charge in [0.2, 0.25) is 0 Å². The van der Waals surface area contributed by atoms with E-state index in [0.717, 1.165) is 12.8 Å². The zero-order valence-electron chi connectivity index (χ0n) is 5.85. The summed E-state index contributed by atoms with van der Waals surface area (Å²) in [7, 11) is 0. The summed E-state index contributed by atoms with van der Waals surface area (Å²) in [6.45, 7) is 0.970. The van der Waals surface area contributed by atoms with Gasteiger partial charge in [-0.25, -0.2) is 0 Å². The van der Waals surface area contributed by atoms with Crippen LogP contribution < -0.4 is 35.3 Å². The fourth-order valence-corrected chi connectivity index (χ4v) is 0.256. The smallest absolute Gasteiger partial charge is 1.00 e. The summed E-state index contributed by atoms with van der Waals surface area (Å²) >= 11 is 0. The molecule has 0 aliphatic rings. The maximum atomic E-state index is 8.14. The van der Waals surface area contributed by atoms with Gasteiger partial charge in [0.05, 0.1) is 0 Å². The van der Waals surface area contributed by atoms with Gasteiger partial charge in [-0.3, -0.25) is 0 Å². The minimum atomic E-state index is 0. The standard InChI is InChI=1S/C4H11NO.Na.H/c5-3-1-2-4-6;;/h6H,1-5H2;;/q;+1;-1. The van der Waals surface area contributed by atoms with Gasteiger partial charge in [0.15, 0.2) is 0 Å². The fraction of sp³-hybridized carbons (Fsp3) is 1.00. The molecule has 0 amide bonds. The third kappa shape index (κ3) is 10.9. The molecule has 0 aromatic heterocycles. The van der Waals surface area contributed by atoms with Crippen LogP contribution in [0.15, 0.2) is 0 Å². The number of unbranched alkanes of at least 4 members (excludes halogenated alkanes) is 1. The molecule has 0 radical (unpaired) electrons. The van der Waals surface area contributed by atoms with Crippen LogP contribution in [-0.4, -0.2) is 18.3 Å². The third-order valence-corrected chi connectivity index (χ3v) is 0.612. The van der Waals surface area contributed by atoms with Crippen molar-refractivity contribution in [3.8, 4) is 0 Å². The second kappa shape index (κ2) is 10.0. The Balaban J connectivity index is -0.000000125. The van der Waals surface area contributed by atoms with Crippen molar-refractivity contribution >= 4 is 0 Å². The predicted octanol–water partition coefficient (Wildman–Crippen LogP) is -3.17. The summed E-state index contributed by atoms with van der Waals surface area (Å²) in [4.78, 5) is 0. The van der Waals surface area contributed by atoms with E-state index in [4.69, 9.17) is 10.8 Å². The molecule has 0 saturated carbocycles. The van der Waals surface area contributed by atoms with Crippen LogP contribution in [0.25, 0.3) is 0 Å². The first-order chi connectivity index (χ1) is 2.91. The average Bonchev–Trinajstić information content (AvgIpc) is 1.61. The minimum absolute atomic E-state index is 0. The van der Waals surface area contributed by atoms with E-state index in [0.29, 0.717) is 6.54 Å². The predicted molar refractivity (Wildman–Crippen MR) is 26.5 cm³/mol. The Morgan fingerprint density at radius 1 is 1.43 bits per heavy atom. The normalized spacial score (nSPS) is 7.71. The topological polar surface area (TPSA) is 46.2 Å². The fourth-order valence-electron chi connectivity index (χ4n) is 0.256. The van der Waals surface area contributed by atoms with Crippen LogP contribution >= 0.6 is 0 Å². The number of hydrogen-bond donors (Lipinski definition) is 2. The number of rotatable bonds is 3. The van der Waals surface area contributed by atoms with E-state index in [1.165, 1.54) is 0 Å². The number of hydrogen-bond acceptors (Lipinski definition) is 2. The molecule has 0 aliphatic heterocycles. The maximum Gasteiger partial charge on any atom is 1.00 e. The van der Waals surface area contributed by atoms with Gasteiger partial charge in [-0.2, -0.15) is 0 Å². The molecule has 0 aromatic carbocycles. The summed E-state index contributed by atoms with van der Waals surface area (Å²) < 4.78 is 0. The van der Waals surface area contributed by atoms with Gasteiger partial charge in [0.1, 0.15) is 0 Å². The average molecular weight is 113 g/mol. The van der Waals surface area contributed by atoms with Gasteiger partial charge in [-0.15, -0.1) is 0 Å². The van der Waals surface area contributed by atoms with E-state index in [-0.39, 0.29) is 37.6 Å². The van der Waals surface area contributed by atoms with Crippen molar-refractivity contribution in [1.82, 2.24) is 0 Å². The Hall–Kier alpha value is 0.920. The number of nitrogens with two attached hydrogens (primary N) is 1. The number of aliphatic hydroxyl groups excluding tert-OH is 1. The van der Waals surface area contributed by atoms with Crippen molar-refractivity contribution in [3.05, 3.63) is 0 Å². The van der Waals surface area contributed by atoms with Gasteiger partial charge in [0.25, 0.3) is 0 Å². The SMILES string of the molecule is NCCCCO.[H-].[Na+]. The quantitative estimate of drug-likeness (QED) is 0.300. The Labute approximate surface area is 67.9 Å². The molecule has 0 rings (SSSR count). The van der Waals surface area contributed by atoms with Gasteiger partial charge in [-0.1, -0.05) is 0 Å². The van der Waals surface area contributed by atoms with E-state index in [9.17, 15) is 0 Å². The first-order valence-corrected chi connectivity index (χ1v) is 2.22. The van der Waals surface area contributed by atoms with Crippen molar-refractivity contribution in [2.45, 2.75) is 12.8 Å². The monoisotopic (exact) mass is 113 g/mol. The van der Waals surface area contributed by atoms with E-state index < -0.39 is 0 Å². The molecule has 0 unspecified atom stereocenters. The van der Waals surface area contributed by atoms with E-state index in [1.807, 2.05) is 0 Å². The van der Waals surface area contributed by atoms with Crippen LogP contribution in [0, 0.1) is 0 Å². The van der Waals surface area contributed by atoms with E-state index in [1.54, 1.807) is 0 Å². The summed E-state index contributed by atoms with van der Waals surface area (Å²) in [6.07, 6.45) is 1.78. The molecule has 2 nitrogen and oxygen atoms in total. The van der Waals surface area contributed by atoms with Crippen LogP contribution in [0.5, 0.6) is 0 Å². The summed E-state index contributed by atoms with van der Waals surface area (Å²) in [5.74, 6) is 0. The van der Waals surface area contributed by atoms with Crippen molar-refractivity contribution in [1.29, 1.82) is 0 Å². The molecular formula is C4H12NNaO. The largest absolute Gasteiger partial charge is 1.00 e. The van der Waals surface area contributed by atoms with Crippen LogP contribution in [-0.2, 0) is 0 Å². The molecule has 0 spiro atoms. The van der Waals surface area contributed by atoms with Crippen LogP contribution in [0.4, 0.5) is 0 Å². The Morgan fingerprint density at radius 2 is 2.00 bits per heavy atom. The van der Waals surface area contributed by atoms with E-state index >= 15 is 0 Å². The molecule has 7 heavy (non-hydrogen) atoms. The minimum Gasteiger partial charge on any atom is -1.00 e. The molecule has 0 bridgehead atoms. The molecule has 0 aliphatic carbocycles. The second-order valence-corrected chi connectivity index (χ2v) is 1.22. The molecule has 0 atom stereocenters. The molecule has 0 fully saturated rings. The molecule has 0 heterocycles. The summed E-state index contributed by atoms with van der Waals surface area (Å²) in [6, 6.07) is 0. The Morgan fingerprint density at radius 3 is 2.14 bits per heavy atom. The van der Waals surface area contributed by atoms with Gasteiger partial charge < -0.3 is 12.3 Å². The first-order valence-electron chi connectivity index (χ1n) is 2.22. The van der Waals surface area contributed by atoms with Crippen molar-refractivity contribution < 1.29 is 36.1 Å². The summed E-state index contributed by atoms with van der Waals surface area (Å²) in [5, 5.41) is 8.14. The molecular weight excluding hydrogens is 101 g/mol. The number of aliphatic hydroxyl groups is 1. The van der Waals surface area contributed by atoms with Gasteiger partial charge in [-0.05, 0) is 19.4 Å². The van der Waals surface area contributed by atoms with Crippen LogP contribution in [0.3, 0.4) is 0 Å². The zero-order chi connectivity index (χ0) is 4.83. The van der Waals surface area contributed by atoms with Crippen molar-refractivity contribution in [3.63, 3.8) is 0 Å². The third-order valence-electron chi connectivity index (χ3n) is 0.612.